The minimum Gasteiger partial charge on any atom is -0.447 e. The van der Waals surface area contributed by atoms with Crippen molar-refractivity contribution in [2.45, 2.75) is 24.4 Å². The highest BCUT2D eigenvalue weighted by atomic mass is 32.2. The number of fused-ring (bicyclic) bond motifs is 1. The van der Waals surface area contributed by atoms with Crippen LogP contribution in [0.25, 0.3) is 22.3 Å². The standard InChI is InChI=1S/C29H29F2N7O3S/c1-42(40,17-18-5-3-2-4-6-18)37-23-8-7-19(11-22(23)31)24-13-26(38-9-10-41-29(38)39)27-25(35-24)16-33-28(36-27)34-21-12-20(30)14-32-15-21/h2-8,11,13,16,20-21,32H,1,9-10,12,14-15,17H2,(H,37,40)(H,33,34,36)/t20-,21-,42?/m0/s1. The van der Waals surface area contributed by atoms with Crippen molar-refractivity contribution in [1.29, 1.82) is 0 Å². The first kappa shape index (κ1) is 27.8. The fourth-order valence-electron chi connectivity index (χ4n) is 5.06. The molecule has 6 rings (SSSR count). The average molecular weight is 594 g/mol. The molecule has 0 spiro atoms. The predicted molar refractivity (Wildman–Crippen MR) is 160 cm³/mol. The molecule has 1 unspecified atom stereocenters. The van der Waals surface area contributed by atoms with Crippen LogP contribution >= 0.6 is 0 Å². The second-order valence-corrected chi connectivity index (χ2v) is 12.4. The number of amides is 1. The molecule has 0 saturated carbocycles. The summed E-state index contributed by atoms with van der Waals surface area (Å²) in [5, 5.41) is 6.19. The van der Waals surface area contributed by atoms with Crippen molar-refractivity contribution in [1.82, 2.24) is 20.3 Å². The SMILES string of the molecule is C=S(=O)(Cc1ccccc1)Nc1ccc(-c2cc(N3CCOC3=O)c3nc(N[C@@H]4CNC[C@@H](F)C4)ncc3n2)cc1F. The highest BCUT2D eigenvalue weighted by Gasteiger charge is 2.28. The predicted octanol–water partition coefficient (Wildman–Crippen LogP) is 4.14. The molecular weight excluding hydrogens is 564 g/mol. The van der Waals surface area contributed by atoms with E-state index < -0.39 is 27.8 Å². The molecule has 42 heavy (non-hydrogen) atoms. The summed E-state index contributed by atoms with van der Waals surface area (Å²) < 4.78 is 50.1. The molecule has 4 aromatic rings. The third-order valence-electron chi connectivity index (χ3n) is 7.01. The molecule has 0 bridgehead atoms. The summed E-state index contributed by atoms with van der Waals surface area (Å²) in [6, 6.07) is 15.1. The minimum atomic E-state index is -2.87. The summed E-state index contributed by atoms with van der Waals surface area (Å²) in [5.74, 6) is 3.56. The van der Waals surface area contributed by atoms with Crippen LogP contribution in [0.5, 0.6) is 0 Å². The first-order chi connectivity index (χ1) is 20.2. The molecule has 2 aromatic carbocycles. The number of carbonyl (C=O) groups excluding carboxylic acids is 1. The van der Waals surface area contributed by atoms with Crippen molar-refractivity contribution in [3.05, 3.63) is 72.2 Å². The van der Waals surface area contributed by atoms with Crippen LogP contribution in [-0.2, 0) is 20.2 Å². The molecule has 0 radical (unpaired) electrons. The van der Waals surface area contributed by atoms with Gasteiger partial charge in [-0.15, -0.1) is 0 Å². The Morgan fingerprint density at radius 2 is 1.98 bits per heavy atom. The normalized spacial score (nSPS) is 20.2. The number of hydrogen-bond acceptors (Lipinski definition) is 8. The number of ether oxygens (including phenoxy) is 1. The molecule has 2 aliphatic heterocycles. The van der Waals surface area contributed by atoms with Gasteiger partial charge < -0.3 is 20.1 Å². The van der Waals surface area contributed by atoms with Crippen LogP contribution in [0.3, 0.4) is 0 Å². The lowest BCUT2D eigenvalue weighted by atomic mass is 10.1. The van der Waals surface area contributed by atoms with Crippen molar-refractivity contribution < 1.29 is 22.5 Å². The molecule has 0 aliphatic carbocycles. The maximum absolute atomic E-state index is 15.3. The molecule has 2 saturated heterocycles. The molecule has 13 heteroatoms. The third kappa shape index (κ3) is 6.11. The van der Waals surface area contributed by atoms with E-state index >= 15 is 4.39 Å². The molecule has 3 atom stereocenters. The van der Waals surface area contributed by atoms with Crippen molar-refractivity contribution >= 4 is 50.0 Å². The maximum atomic E-state index is 15.3. The lowest BCUT2D eigenvalue weighted by molar-refractivity contribution is 0.181. The zero-order valence-electron chi connectivity index (χ0n) is 22.6. The van der Waals surface area contributed by atoms with Gasteiger partial charge in [-0.2, -0.15) is 0 Å². The molecule has 1 amide bonds. The number of carbonyl (C=O) groups is 1. The summed E-state index contributed by atoms with van der Waals surface area (Å²) in [6.45, 7) is 1.39. The quantitative estimate of drug-likeness (QED) is 0.261. The summed E-state index contributed by atoms with van der Waals surface area (Å²) in [5.41, 5.74) is 2.87. The van der Waals surface area contributed by atoms with E-state index in [4.69, 9.17) is 4.74 Å². The monoisotopic (exact) mass is 593 g/mol. The lowest BCUT2D eigenvalue weighted by Crippen LogP contribution is -2.44. The van der Waals surface area contributed by atoms with E-state index in [1.807, 2.05) is 30.3 Å². The number of rotatable bonds is 8. The fraction of sp³-hybridized carbons (Fsp3) is 0.276. The number of aromatic nitrogens is 3. The highest BCUT2D eigenvalue weighted by Crippen LogP contribution is 2.33. The van der Waals surface area contributed by atoms with Gasteiger partial charge in [0.25, 0.3) is 0 Å². The Morgan fingerprint density at radius 1 is 1.14 bits per heavy atom. The van der Waals surface area contributed by atoms with Crippen LogP contribution < -0.4 is 20.3 Å². The van der Waals surface area contributed by atoms with Gasteiger partial charge in [-0.1, -0.05) is 36.4 Å². The van der Waals surface area contributed by atoms with E-state index in [1.54, 1.807) is 12.1 Å². The Morgan fingerprint density at radius 3 is 2.71 bits per heavy atom. The summed E-state index contributed by atoms with van der Waals surface area (Å²) in [7, 11) is -2.87. The van der Waals surface area contributed by atoms with E-state index in [0.717, 1.165) is 5.56 Å². The average Bonchev–Trinajstić information content (AvgIpc) is 3.39. The number of cyclic esters (lactones) is 1. The lowest BCUT2D eigenvalue weighted by Gasteiger charge is -2.26. The zero-order valence-corrected chi connectivity index (χ0v) is 23.4. The van der Waals surface area contributed by atoms with Gasteiger partial charge in [-0.3, -0.25) is 4.90 Å². The summed E-state index contributed by atoms with van der Waals surface area (Å²) in [6.07, 6.45) is 0.327. The first-order valence-corrected chi connectivity index (χ1v) is 15.3. The maximum Gasteiger partial charge on any atom is 0.414 e. The number of hydrogen-bond donors (Lipinski definition) is 3. The second-order valence-electron chi connectivity index (χ2n) is 10.3. The molecular formula is C29H29F2N7O3S. The Kier molecular flexibility index (Phi) is 7.60. The third-order valence-corrected chi connectivity index (χ3v) is 8.40. The second kappa shape index (κ2) is 11.5. The number of anilines is 3. The minimum absolute atomic E-state index is 0.0468. The topological polar surface area (TPSA) is 121 Å². The summed E-state index contributed by atoms with van der Waals surface area (Å²) >= 11 is 0. The molecule has 218 valence electrons. The van der Waals surface area contributed by atoms with Gasteiger partial charge in [0.05, 0.1) is 35.6 Å². The van der Waals surface area contributed by atoms with Crippen LogP contribution in [-0.4, -0.2) is 69.6 Å². The molecule has 10 nitrogen and oxygen atoms in total. The number of halogens is 2. The van der Waals surface area contributed by atoms with Crippen LogP contribution in [0.2, 0.25) is 0 Å². The van der Waals surface area contributed by atoms with Gasteiger partial charge in [0.15, 0.2) is 0 Å². The number of benzene rings is 2. The van der Waals surface area contributed by atoms with Crippen LogP contribution in [0.4, 0.5) is 30.9 Å². The van der Waals surface area contributed by atoms with E-state index in [0.29, 0.717) is 54.0 Å². The smallest absolute Gasteiger partial charge is 0.414 e. The van der Waals surface area contributed by atoms with Crippen LogP contribution in [0.1, 0.15) is 12.0 Å². The van der Waals surface area contributed by atoms with Crippen molar-refractivity contribution in [2.75, 3.05) is 41.2 Å². The molecule has 4 heterocycles. The van der Waals surface area contributed by atoms with Gasteiger partial charge in [-0.05, 0) is 29.6 Å². The molecule has 2 aromatic heterocycles. The highest BCUT2D eigenvalue weighted by molar-refractivity contribution is 8.00. The van der Waals surface area contributed by atoms with Crippen molar-refractivity contribution in [3.8, 4) is 11.3 Å². The largest absolute Gasteiger partial charge is 0.447 e. The van der Waals surface area contributed by atoms with E-state index in [-0.39, 0.29) is 30.0 Å². The Bertz CT molecular complexity index is 1740. The van der Waals surface area contributed by atoms with E-state index in [2.05, 4.69) is 36.2 Å². The zero-order chi connectivity index (χ0) is 29.3. The summed E-state index contributed by atoms with van der Waals surface area (Å²) in [4.78, 5) is 27.6. The van der Waals surface area contributed by atoms with Crippen LogP contribution in [0.15, 0.2) is 60.8 Å². The van der Waals surface area contributed by atoms with Crippen molar-refractivity contribution in [3.63, 3.8) is 0 Å². The molecule has 2 aliphatic rings. The Labute approximate surface area is 241 Å². The van der Waals surface area contributed by atoms with Gasteiger partial charge in [0.1, 0.15) is 29.6 Å². The van der Waals surface area contributed by atoms with E-state index in [1.165, 1.54) is 23.2 Å². The molecule has 3 N–H and O–H groups in total. The fourth-order valence-corrected chi connectivity index (χ4v) is 6.43. The van der Waals surface area contributed by atoms with Gasteiger partial charge >= 0.3 is 6.09 Å². The number of alkyl halides is 1. The Balaban J connectivity index is 1.31. The van der Waals surface area contributed by atoms with E-state index in [9.17, 15) is 13.4 Å². The number of pyridine rings is 1. The Hall–Kier alpha value is -4.36. The first-order valence-electron chi connectivity index (χ1n) is 13.4. The van der Waals surface area contributed by atoms with Gasteiger partial charge in [0, 0.05) is 40.8 Å². The molecule has 2 fully saturated rings. The van der Waals surface area contributed by atoms with Crippen LogP contribution in [0, 0.1) is 5.82 Å². The van der Waals surface area contributed by atoms with Crippen molar-refractivity contribution in [2.24, 2.45) is 0 Å². The number of nitrogens with one attached hydrogen (secondary N) is 3. The van der Waals surface area contributed by atoms with Gasteiger partial charge in [-0.25, -0.2) is 32.7 Å². The number of nitrogens with zero attached hydrogens (tertiary/aromatic N) is 4. The van der Waals surface area contributed by atoms with Gasteiger partial charge in [0.2, 0.25) is 5.95 Å². The number of piperidine rings is 1.